The third-order valence-corrected chi connectivity index (χ3v) is 4.72. The van der Waals surface area contributed by atoms with Gasteiger partial charge in [-0.15, -0.1) is 6.58 Å². The van der Waals surface area contributed by atoms with Gasteiger partial charge in [0.25, 0.3) is 0 Å². The largest absolute Gasteiger partial charge is 0.385 e. The van der Waals surface area contributed by atoms with Crippen molar-refractivity contribution in [1.29, 1.82) is 0 Å². The molecule has 0 bridgehead atoms. The Bertz CT molecular complexity index is 723. The molecule has 29 heavy (non-hydrogen) atoms. The van der Waals surface area contributed by atoms with E-state index in [1.54, 1.807) is 6.08 Å². The fraction of sp³-hybridized carbons (Fsp3) is 0.391. The molecule has 6 nitrogen and oxygen atoms in total. The molecule has 1 aliphatic rings. The average molecular weight is 400 g/mol. The fourth-order valence-electron chi connectivity index (χ4n) is 3.25. The summed E-state index contributed by atoms with van der Waals surface area (Å²) in [6, 6.07) is 19.5. The van der Waals surface area contributed by atoms with Gasteiger partial charge in [0.05, 0.1) is 26.4 Å². The molecule has 1 fully saturated rings. The zero-order chi connectivity index (χ0) is 20.5. The highest BCUT2D eigenvalue weighted by Gasteiger charge is 2.46. The Morgan fingerprint density at radius 3 is 2.10 bits per heavy atom. The van der Waals surface area contributed by atoms with Gasteiger partial charge in [0, 0.05) is 0 Å². The standard InChI is InChI=1S/C23H28O6/c1-2-13-27-22-20(24)23(25)29-19(16-26-14-17-9-5-3-6-10-17)21(22)28-15-18-11-7-4-8-12-18/h2-12,19-25H,1,13-16H2/t19?,20?,21-,22-,23+/m1/s1. The predicted octanol–water partition coefficient (Wildman–Crippen LogP) is 2.44. The first-order valence-electron chi connectivity index (χ1n) is 9.70. The van der Waals surface area contributed by atoms with Crippen LogP contribution in [0.3, 0.4) is 0 Å². The molecule has 0 saturated carbocycles. The number of aliphatic hydroxyl groups excluding tert-OH is 2. The minimum atomic E-state index is -1.38. The molecule has 0 spiro atoms. The minimum absolute atomic E-state index is 0.187. The molecule has 1 saturated heterocycles. The van der Waals surface area contributed by atoms with E-state index in [0.717, 1.165) is 11.1 Å². The molecular weight excluding hydrogens is 372 g/mol. The lowest BCUT2D eigenvalue weighted by molar-refractivity contribution is -0.304. The highest BCUT2D eigenvalue weighted by Crippen LogP contribution is 2.26. The van der Waals surface area contributed by atoms with E-state index in [1.807, 2.05) is 60.7 Å². The van der Waals surface area contributed by atoms with Gasteiger partial charge >= 0.3 is 0 Å². The number of hydrogen-bond donors (Lipinski definition) is 2. The lowest BCUT2D eigenvalue weighted by Gasteiger charge is -2.42. The zero-order valence-corrected chi connectivity index (χ0v) is 16.3. The second-order valence-corrected chi connectivity index (χ2v) is 6.90. The van der Waals surface area contributed by atoms with E-state index in [9.17, 15) is 10.2 Å². The van der Waals surface area contributed by atoms with Gasteiger partial charge in [0.15, 0.2) is 6.29 Å². The monoisotopic (exact) mass is 400 g/mol. The van der Waals surface area contributed by atoms with Crippen LogP contribution in [0, 0.1) is 0 Å². The summed E-state index contributed by atoms with van der Waals surface area (Å²) in [5, 5.41) is 20.5. The smallest absolute Gasteiger partial charge is 0.184 e. The summed E-state index contributed by atoms with van der Waals surface area (Å²) in [6.45, 7) is 4.78. The van der Waals surface area contributed by atoms with Crippen LogP contribution in [0.25, 0.3) is 0 Å². The first-order chi connectivity index (χ1) is 14.2. The fourth-order valence-corrected chi connectivity index (χ4v) is 3.25. The molecular formula is C23H28O6. The van der Waals surface area contributed by atoms with E-state index < -0.39 is 30.7 Å². The molecule has 3 rings (SSSR count). The first kappa shape index (κ1) is 21.6. The van der Waals surface area contributed by atoms with Gasteiger partial charge in [-0.05, 0) is 11.1 Å². The minimum Gasteiger partial charge on any atom is -0.385 e. The van der Waals surface area contributed by atoms with Crippen molar-refractivity contribution in [3.63, 3.8) is 0 Å². The second kappa shape index (κ2) is 11.2. The Hall–Kier alpha value is -2.06. The van der Waals surface area contributed by atoms with Crippen molar-refractivity contribution in [2.45, 2.75) is 43.9 Å². The van der Waals surface area contributed by atoms with Gasteiger partial charge in [-0.2, -0.15) is 0 Å². The summed E-state index contributed by atoms with van der Waals surface area (Å²) in [7, 11) is 0. The van der Waals surface area contributed by atoms with E-state index in [1.165, 1.54) is 0 Å². The number of benzene rings is 2. The second-order valence-electron chi connectivity index (χ2n) is 6.90. The molecule has 2 aromatic rings. The molecule has 0 aromatic heterocycles. The van der Waals surface area contributed by atoms with Crippen molar-refractivity contribution < 1.29 is 29.2 Å². The van der Waals surface area contributed by atoms with E-state index >= 15 is 0 Å². The summed E-state index contributed by atoms with van der Waals surface area (Å²) < 4.78 is 23.2. The maximum Gasteiger partial charge on any atom is 0.184 e. The van der Waals surface area contributed by atoms with Gasteiger partial charge in [-0.25, -0.2) is 0 Å². The molecule has 2 N–H and O–H groups in total. The van der Waals surface area contributed by atoms with Crippen molar-refractivity contribution in [1.82, 2.24) is 0 Å². The topological polar surface area (TPSA) is 77.4 Å². The number of ether oxygens (including phenoxy) is 4. The summed E-state index contributed by atoms with van der Waals surface area (Å²) in [5.74, 6) is 0. The SMILES string of the molecule is C=CCO[C@@H]1C(O)[C@@H](O)OC(COCc2ccccc2)[C@H]1OCc1ccccc1. The van der Waals surface area contributed by atoms with Gasteiger partial charge in [-0.1, -0.05) is 66.7 Å². The van der Waals surface area contributed by atoms with Crippen molar-refractivity contribution in [3.8, 4) is 0 Å². The lowest BCUT2D eigenvalue weighted by atomic mass is 9.98. The Kier molecular flexibility index (Phi) is 8.37. The van der Waals surface area contributed by atoms with Crippen LogP contribution in [0.2, 0.25) is 0 Å². The molecule has 156 valence electrons. The zero-order valence-electron chi connectivity index (χ0n) is 16.3. The first-order valence-corrected chi connectivity index (χ1v) is 9.70. The summed E-state index contributed by atoms with van der Waals surface area (Å²) in [6.07, 6.45) is -3.03. The van der Waals surface area contributed by atoms with Crippen LogP contribution >= 0.6 is 0 Å². The summed E-state index contributed by atoms with van der Waals surface area (Å²) >= 11 is 0. The molecule has 2 unspecified atom stereocenters. The van der Waals surface area contributed by atoms with Crippen LogP contribution in [0.15, 0.2) is 73.3 Å². The predicted molar refractivity (Wildman–Crippen MR) is 108 cm³/mol. The van der Waals surface area contributed by atoms with Gasteiger partial charge in [-0.3, -0.25) is 0 Å². The molecule has 0 aliphatic carbocycles. The Labute approximate surface area is 171 Å². The van der Waals surface area contributed by atoms with Crippen molar-refractivity contribution >= 4 is 0 Å². The number of hydrogen-bond acceptors (Lipinski definition) is 6. The molecule has 2 aromatic carbocycles. The van der Waals surface area contributed by atoms with Crippen molar-refractivity contribution in [3.05, 3.63) is 84.4 Å². The Morgan fingerprint density at radius 2 is 1.48 bits per heavy atom. The van der Waals surface area contributed by atoms with Gasteiger partial charge in [0.1, 0.15) is 24.4 Å². The Balaban J connectivity index is 1.67. The maximum atomic E-state index is 10.4. The third kappa shape index (κ3) is 6.21. The van der Waals surface area contributed by atoms with Crippen molar-refractivity contribution in [2.24, 2.45) is 0 Å². The molecule has 0 amide bonds. The van der Waals surface area contributed by atoms with Gasteiger partial charge < -0.3 is 29.2 Å². The highest BCUT2D eigenvalue weighted by atomic mass is 16.7. The highest BCUT2D eigenvalue weighted by molar-refractivity contribution is 5.14. The van der Waals surface area contributed by atoms with E-state index in [2.05, 4.69) is 6.58 Å². The molecule has 6 heteroatoms. The molecule has 0 radical (unpaired) electrons. The average Bonchev–Trinajstić information content (AvgIpc) is 2.75. The summed E-state index contributed by atoms with van der Waals surface area (Å²) in [4.78, 5) is 0. The van der Waals surface area contributed by atoms with Gasteiger partial charge in [0.2, 0.25) is 0 Å². The van der Waals surface area contributed by atoms with E-state index in [-0.39, 0.29) is 13.2 Å². The van der Waals surface area contributed by atoms with E-state index in [0.29, 0.717) is 13.2 Å². The van der Waals surface area contributed by atoms with Crippen molar-refractivity contribution in [2.75, 3.05) is 13.2 Å². The molecule has 1 heterocycles. The normalized spacial score (nSPS) is 26.9. The van der Waals surface area contributed by atoms with Crippen LogP contribution in [-0.4, -0.2) is 54.1 Å². The van der Waals surface area contributed by atoms with Crippen LogP contribution in [0.4, 0.5) is 0 Å². The molecule has 1 aliphatic heterocycles. The van der Waals surface area contributed by atoms with Crippen LogP contribution in [0.5, 0.6) is 0 Å². The number of rotatable bonds is 10. The quantitative estimate of drug-likeness (QED) is 0.597. The molecule has 5 atom stereocenters. The maximum absolute atomic E-state index is 10.4. The number of aliphatic hydroxyl groups is 2. The Morgan fingerprint density at radius 1 is 0.862 bits per heavy atom. The van der Waals surface area contributed by atoms with Crippen LogP contribution < -0.4 is 0 Å². The lowest BCUT2D eigenvalue weighted by Crippen LogP contribution is -2.60. The third-order valence-electron chi connectivity index (χ3n) is 4.72. The van der Waals surface area contributed by atoms with Crippen LogP contribution in [-0.2, 0) is 32.2 Å². The summed E-state index contributed by atoms with van der Waals surface area (Å²) in [5.41, 5.74) is 2.02. The van der Waals surface area contributed by atoms with E-state index in [4.69, 9.17) is 18.9 Å². The van der Waals surface area contributed by atoms with Crippen LogP contribution in [0.1, 0.15) is 11.1 Å².